The minimum atomic E-state index is -3.54. The van der Waals surface area contributed by atoms with Gasteiger partial charge in [-0.3, -0.25) is 0 Å². The second-order valence-corrected chi connectivity index (χ2v) is 5.66. The smallest absolute Gasteiger partial charge is 0.225 e. The zero-order valence-corrected chi connectivity index (χ0v) is 9.33. The van der Waals surface area contributed by atoms with Crippen LogP contribution in [0.15, 0.2) is 29.2 Å². The lowest BCUT2D eigenvalue weighted by Crippen LogP contribution is -2.12. The second-order valence-electron chi connectivity index (χ2n) is 4.10. The van der Waals surface area contributed by atoms with Crippen LogP contribution in [0, 0.1) is 0 Å². The summed E-state index contributed by atoms with van der Waals surface area (Å²) < 4.78 is 22.1. The van der Waals surface area contributed by atoms with Gasteiger partial charge in [0.2, 0.25) is 10.0 Å². The summed E-state index contributed by atoms with van der Waals surface area (Å²) in [6.45, 7) is 0. The van der Waals surface area contributed by atoms with Gasteiger partial charge >= 0.3 is 0 Å². The third-order valence-corrected chi connectivity index (χ3v) is 3.96. The Labute approximate surface area is 90.4 Å². The van der Waals surface area contributed by atoms with E-state index in [9.17, 15) is 8.42 Å². The molecule has 2 N–H and O–H groups in total. The summed E-state index contributed by atoms with van der Waals surface area (Å²) in [7, 11) is -3.54. The van der Waals surface area contributed by atoms with E-state index in [4.69, 9.17) is 5.14 Å². The van der Waals surface area contributed by atoms with E-state index in [-0.39, 0.29) is 4.90 Å². The van der Waals surface area contributed by atoms with Gasteiger partial charge < -0.3 is 0 Å². The number of hydrogen-bond donors (Lipinski definition) is 1. The Balaban J connectivity index is 2.24. The van der Waals surface area contributed by atoms with Gasteiger partial charge in [-0.05, 0) is 36.5 Å². The van der Waals surface area contributed by atoms with Crippen LogP contribution in [0.4, 0.5) is 0 Å². The predicted octanol–water partition coefficient (Wildman–Crippen LogP) is 1.99. The normalized spacial score (nSPS) is 18.2. The summed E-state index contributed by atoms with van der Waals surface area (Å²) in [6.07, 6.45) is 4.99. The fourth-order valence-corrected chi connectivity index (χ4v) is 2.70. The summed E-state index contributed by atoms with van der Waals surface area (Å²) in [5.41, 5.74) is 1.24. The monoisotopic (exact) mass is 225 g/mol. The van der Waals surface area contributed by atoms with Crippen LogP contribution in [0.2, 0.25) is 0 Å². The highest BCUT2D eigenvalue weighted by atomic mass is 32.2. The first-order chi connectivity index (χ1) is 7.07. The molecule has 1 saturated carbocycles. The number of nitrogens with two attached hydrogens (primary N) is 1. The SMILES string of the molecule is NS(=O)(=O)c1ccc(C2CCCC2)cc1. The Hall–Kier alpha value is -0.870. The van der Waals surface area contributed by atoms with Crippen molar-refractivity contribution in [1.82, 2.24) is 0 Å². The molecule has 0 aliphatic heterocycles. The number of benzene rings is 1. The molecule has 1 fully saturated rings. The fraction of sp³-hybridized carbons (Fsp3) is 0.455. The zero-order valence-electron chi connectivity index (χ0n) is 8.52. The van der Waals surface area contributed by atoms with Crippen molar-refractivity contribution in [2.24, 2.45) is 5.14 Å². The van der Waals surface area contributed by atoms with Crippen molar-refractivity contribution in [1.29, 1.82) is 0 Å². The van der Waals surface area contributed by atoms with Gasteiger partial charge in [0.15, 0.2) is 0 Å². The quantitative estimate of drug-likeness (QED) is 0.836. The zero-order chi connectivity index (χ0) is 10.9. The van der Waals surface area contributed by atoms with Gasteiger partial charge in [0.1, 0.15) is 0 Å². The molecule has 1 aromatic carbocycles. The molecule has 4 heteroatoms. The van der Waals surface area contributed by atoms with Gasteiger partial charge in [-0.1, -0.05) is 25.0 Å². The van der Waals surface area contributed by atoms with Gasteiger partial charge in [-0.25, -0.2) is 13.6 Å². The lowest BCUT2D eigenvalue weighted by molar-refractivity contribution is 0.597. The Morgan fingerprint density at radius 3 is 2.07 bits per heavy atom. The van der Waals surface area contributed by atoms with Crippen molar-refractivity contribution >= 4 is 10.0 Å². The fourth-order valence-electron chi connectivity index (χ4n) is 2.19. The molecule has 1 aliphatic rings. The van der Waals surface area contributed by atoms with Crippen molar-refractivity contribution in [2.75, 3.05) is 0 Å². The Kier molecular flexibility index (Phi) is 2.80. The molecule has 1 aromatic rings. The third-order valence-electron chi connectivity index (χ3n) is 3.04. The minimum Gasteiger partial charge on any atom is -0.225 e. The molecule has 0 radical (unpaired) electrons. The van der Waals surface area contributed by atoms with E-state index in [1.54, 1.807) is 12.1 Å². The minimum absolute atomic E-state index is 0.198. The molecule has 0 atom stereocenters. The highest BCUT2D eigenvalue weighted by Gasteiger charge is 2.17. The number of primary sulfonamides is 1. The summed E-state index contributed by atoms with van der Waals surface area (Å²) >= 11 is 0. The Morgan fingerprint density at radius 2 is 1.60 bits per heavy atom. The van der Waals surface area contributed by atoms with Crippen molar-refractivity contribution in [2.45, 2.75) is 36.5 Å². The first kappa shape index (κ1) is 10.6. The molecular formula is C11H15NO2S. The van der Waals surface area contributed by atoms with Crippen molar-refractivity contribution in [3.05, 3.63) is 29.8 Å². The van der Waals surface area contributed by atoms with Crippen LogP contribution in [0.3, 0.4) is 0 Å². The van der Waals surface area contributed by atoms with Crippen LogP contribution in [0.25, 0.3) is 0 Å². The maximum absolute atomic E-state index is 11.0. The van der Waals surface area contributed by atoms with Crippen LogP contribution in [-0.4, -0.2) is 8.42 Å². The van der Waals surface area contributed by atoms with Gasteiger partial charge in [0, 0.05) is 0 Å². The molecule has 0 heterocycles. The van der Waals surface area contributed by atoms with E-state index in [0.29, 0.717) is 5.92 Å². The topological polar surface area (TPSA) is 60.2 Å². The molecule has 0 amide bonds. The molecular weight excluding hydrogens is 210 g/mol. The standard InChI is InChI=1S/C11H15NO2S/c12-15(13,14)11-7-5-10(6-8-11)9-3-1-2-4-9/h5-9H,1-4H2,(H2,12,13,14). The number of sulfonamides is 1. The van der Waals surface area contributed by atoms with Gasteiger partial charge in [-0.2, -0.15) is 0 Å². The highest BCUT2D eigenvalue weighted by molar-refractivity contribution is 7.89. The molecule has 3 nitrogen and oxygen atoms in total. The molecule has 2 rings (SSSR count). The first-order valence-corrected chi connectivity index (χ1v) is 6.75. The van der Waals surface area contributed by atoms with Crippen LogP contribution in [-0.2, 0) is 10.0 Å². The van der Waals surface area contributed by atoms with E-state index < -0.39 is 10.0 Å². The van der Waals surface area contributed by atoms with E-state index in [0.717, 1.165) is 0 Å². The first-order valence-electron chi connectivity index (χ1n) is 5.20. The maximum atomic E-state index is 11.0. The van der Waals surface area contributed by atoms with Crippen molar-refractivity contribution in [3.8, 4) is 0 Å². The maximum Gasteiger partial charge on any atom is 0.238 e. The molecule has 0 saturated heterocycles. The average Bonchev–Trinajstić information content (AvgIpc) is 2.69. The molecule has 82 valence electrons. The van der Waals surface area contributed by atoms with Crippen LogP contribution in [0.1, 0.15) is 37.2 Å². The van der Waals surface area contributed by atoms with Crippen molar-refractivity contribution < 1.29 is 8.42 Å². The summed E-state index contributed by atoms with van der Waals surface area (Å²) in [6, 6.07) is 6.97. The average molecular weight is 225 g/mol. The van der Waals surface area contributed by atoms with Gasteiger partial charge in [0.05, 0.1) is 4.90 Å². The summed E-state index contributed by atoms with van der Waals surface area (Å²) in [5, 5.41) is 5.03. The Morgan fingerprint density at radius 1 is 1.07 bits per heavy atom. The molecule has 15 heavy (non-hydrogen) atoms. The van der Waals surface area contributed by atoms with E-state index >= 15 is 0 Å². The lowest BCUT2D eigenvalue weighted by Gasteiger charge is -2.09. The number of hydrogen-bond acceptors (Lipinski definition) is 2. The van der Waals surface area contributed by atoms with Crippen LogP contribution in [0.5, 0.6) is 0 Å². The van der Waals surface area contributed by atoms with E-state index in [1.807, 2.05) is 12.1 Å². The Bertz CT molecular complexity index is 430. The highest BCUT2D eigenvalue weighted by Crippen LogP contribution is 2.34. The molecule has 0 unspecified atom stereocenters. The number of rotatable bonds is 2. The summed E-state index contributed by atoms with van der Waals surface area (Å²) in [4.78, 5) is 0.198. The molecule has 0 bridgehead atoms. The van der Waals surface area contributed by atoms with Crippen molar-refractivity contribution in [3.63, 3.8) is 0 Å². The van der Waals surface area contributed by atoms with Crippen LogP contribution >= 0.6 is 0 Å². The molecule has 0 aromatic heterocycles. The second kappa shape index (κ2) is 3.94. The molecule has 0 spiro atoms. The van der Waals surface area contributed by atoms with E-state index in [2.05, 4.69) is 0 Å². The lowest BCUT2D eigenvalue weighted by atomic mass is 9.98. The van der Waals surface area contributed by atoms with E-state index in [1.165, 1.54) is 31.2 Å². The molecule has 1 aliphatic carbocycles. The van der Waals surface area contributed by atoms with Gasteiger partial charge in [-0.15, -0.1) is 0 Å². The van der Waals surface area contributed by atoms with Gasteiger partial charge in [0.25, 0.3) is 0 Å². The van der Waals surface area contributed by atoms with Crippen LogP contribution < -0.4 is 5.14 Å². The summed E-state index contributed by atoms with van der Waals surface area (Å²) in [5.74, 6) is 0.611. The predicted molar refractivity (Wildman–Crippen MR) is 59.0 cm³/mol. The third kappa shape index (κ3) is 2.38. The largest absolute Gasteiger partial charge is 0.238 e.